The Morgan fingerprint density at radius 1 is 0.444 bits per heavy atom. The summed E-state index contributed by atoms with van der Waals surface area (Å²) in [5.41, 5.74) is 0. The fourth-order valence-corrected chi connectivity index (χ4v) is 5.83. The molecule has 0 spiro atoms. The third kappa shape index (κ3) is 41.8. The number of aliphatic hydroxyl groups excluding tert-OH is 1. The molecule has 54 heavy (non-hydrogen) atoms. The van der Waals surface area contributed by atoms with Crippen molar-refractivity contribution in [3.05, 3.63) is 85.1 Å². The number of hydrogen-bond acceptors (Lipinski definition) is 5. The summed E-state index contributed by atoms with van der Waals surface area (Å²) in [6, 6.07) is 0. The van der Waals surface area contributed by atoms with Crippen LogP contribution in [0, 0.1) is 0 Å². The van der Waals surface area contributed by atoms with Crippen molar-refractivity contribution in [2.24, 2.45) is 0 Å². The van der Waals surface area contributed by atoms with Crippen LogP contribution in [0.15, 0.2) is 85.1 Å². The highest BCUT2D eigenvalue weighted by Gasteiger charge is 2.16. The summed E-state index contributed by atoms with van der Waals surface area (Å²) in [4.78, 5) is 24.3. The number of carbonyl (C=O) groups excluding carboxylic acids is 2. The molecule has 5 nitrogen and oxygen atoms in total. The van der Waals surface area contributed by atoms with Gasteiger partial charge in [0.2, 0.25) is 0 Å². The second kappa shape index (κ2) is 44.5. The van der Waals surface area contributed by atoms with Gasteiger partial charge in [0.1, 0.15) is 6.61 Å². The summed E-state index contributed by atoms with van der Waals surface area (Å²) in [5.74, 6) is -0.612. The lowest BCUT2D eigenvalue weighted by Gasteiger charge is -2.15. The van der Waals surface area contributed by atoms with Gasteiger partial charge in [-0.25, -0.2) is 0 Å². The van der Waals surface area contributed by atoms with E-state index in [2.05, 4.69) is 98.9 Å². The number of carbonyl (C=O) groups is 2. The van der Waals surface area contributed by atoms with E-state index < -0.39 is 6.10 Å². The lowest BCUT2D eigenvalue weighted by Crippen LogP contribution is -2.28. The van der Waals surface area contributed by atoms with Crippen LogP contribution in [0.1, 0.15) is 194 Å². The van der Waals surface area contributed by atoms with E-state index in [9.17, 15) is 14.7 Å². The van der Waals surface area contributed by atoms with E-state index in [0.29, 0.717) is 12.8 Å². The van der Waals surface area contributed by atoms with Gasteiger partial charge in [-0.15, -0.1) is 0 Å². The molecule has 0 aliphatic heterocycles. The molecule has 0 saturated heterocycles. The summed E-state index contributed by atoms with van der Waals surface area (Å²) in [7, 11) is 0. The maximum Gasteiger partial charge on any atom is 0.306 e. The quantitative estimate of drug-likeness (QED) is 0.0385. The highest BCUT2D eigenvalue weighted by atomic mass is 16.6. The van der Waals surface area contributed by atoms with Crippen molar-refractivity contribution in [3.63, 3.8) is 0 Å². The van der Waals surface area contributed by atoms with Gasteiger partial charge in [0.15, 0.2) is 6.10 Å². The van der Waals surface area contributed by atoms with Gasteiger partial charge in [-0.2, -0.15) is 0 Å². The summed E-state index contributed by atoms with van der Waals surface area (Å²) in [5, 5.41) is 9.56. The number of aliphatic hydroxyl groups is 1. The molecule has 0 aliphatic rings. The SMILES string of the molecule is CC/C=C\C/C=C\C/C=C\C/C=C\C/C=C\C/C=C\CCCCCCCCCCCCC(=O)OC(CO)COC(=O)CCCCCCC/C=C\CCCC. The van der Waals surface area contributed by atoms with Gasteiger partial charge in [-0.05, 0) is 83.5 Å². The molecule has 0 aliphatic carbocycles. The number of rotatable bonds is 39. The molecular formula is C49H82O5. The second-order valence-corrected chi connectivity index (χ2v) is 14.4. The maximum atomic E-state index is 12.2. The van der Waals surface area contributed by atoms with Crippen LogP contribution >= 0.6 is 0 Å². The summed E-state index contributed by atoms with van der Waals surface area (Å²) in [6.45, 7) is 3.96. The van der Waals surface area contributed by atoms with Gasteiger partial charge in [0.25, 0.3) is 0 Å². The van der Waals surface area contributed by atoms with Gasteiger partial charge in [-0.3, -0.25) is 9.59 Å². The summed E-state index contributed by atoms with van der Waals surface area (Å²) in [6.07, 6.45) is 60.9. The molecule has 308 valence electrons. The predicted octanol–water partition coefficient (Wildman–Crippen LogP) is 14.3. The van der Waals surface area contributed by atoms with Crippen molar-refractivity contribution in [2.75, 3.05) is 13.2 Å². The van der Waals surface area contributed by atoms with Crippen LogP contribution in [0.2, 0.25) is 0 Å². The van der Waals surface area contributed by atoms with Crippen LogP contribution in [0.25, 0.3) is 0 Å². The van der Waals surface area contributed by atoms with E-state index >= 15 is 0 Å². The second-order valence-electron chi connectivity index (χ2n) is 14.4. The lowest BCUT2D eigenvalue weighted by molar-refractivity contribution is -0.161. The van der Waals surface area contributed by atoms with Crippen molar-refractivity contribution in [1.82, 2.24) is 0 Å². The Labute approximate surface area is 333 Å². The van der Waals surface area contributed by atoms with Gasteiger partial charge >= 0.3 is 11.9 Å². The largest absolute Gasteiger partial charge is 0.462 e. The number of esters is 2. The Balaban J connectivity index is 3.56. The van der Waals surface area contributed by atoms with Crippen molar-refractivity contribution in [2.45, 2.75) is 200 Å². The average Bonchev–Trinajstić information content (AvgIpc) is 3.17. The van der Waals surface area contributed by atoms with Crippen LogP contribution in [-0.4, -0.2) is 36.4 Å². The van der Waals surface area contributed by atoms with E-state index in [1.165, 1.54) is 83.5 Å². The van der Waals surface area contributed by atoms with Crippen molar-refractivity contribution in [3.8, 4) is 0 Å². The number of unbranched alkanes of at least 4 members (excludes halogenated alkanes) is 17. The number of allylic oxidation sites excluding steroid dienone is 14. The van der Waals surface area contributed by atoms with E-state index in [1.807, 2.05) is 0 Å². The predicted molar refractivity (Wildman–Crippen MR) is 233 cm³/mol. The third-order valence-electron chi connectivity index (χ3n) is 9.17. The van der Waals surface area contributed by atoms with Crippen LogP contribution in [-0.2, 0) is 19.1 Å². The molecule has 1 N–H and O–H groups in total. The van der Waals surface area contributed by atoms with Gasteiger partial charge in [-0.1, -0.05) is 182 Å². The smallest absolute Gasteiger partial charge is 0.306 e. The molecule has 0 aromatic rings. The van der Waals surface area contributed by atoms with Crippen LogP contribution in [0.4, 0.5) is 0 Å². The fraction of sp³-hybridized carbons (Fsp3) is 0.673. The molecule has 0 rings (SSSR count). The first-order valence-corrected chi connectivity index (χ1v) is 22.1. The van der Waals surface area contributed by atoms with Crippen molar-refractivity contribution in [1.29, 1.82) is 0 Å². The number of hydrogen-bond donors (Lipinski definition) is 1. The van der Waals surface area contributed by atoms with Crippen LogP contribution in [0.3, 0.4) is 0 Å². The molecule has 0 amide bonds. The van der Waals surface area contributed by atoms with Crippen LogP contribution in [0.5, 0.6) is 0 Å². The van der Waals surface area contributed by atoms with Gasteiger partial charge < -0.3 is 14.6 Å². The minimum Gasteiger partial charge on any atom is -0.462 e. The summed E-state index contributed by atoms with van der Waals surface area (Å²) >= 11 is 0. The molecule has 0 aromatic heterocycles. The minimum absolute atomic E-state index is 0.0754. The van der Waals surface area contributed by atoms with Crippen LogP contribution < -0.4 is 0 Å². The molecule has 0 saturated carbocycles. The van der Waals surface area contributed by atoms with E-state index in [1.54, 1.807) is 0 Å². The highest BCUT2D eigenvalue weighted by molar-refractivity contribution is 5.70. The van der Waals surface area contributed by atoms with Crippen molar-refractivity contribution < 1.29 is 24.2 Å². The molecule has 0 aromatic carbocycles. The van der Waals surface area contributed by atoms with E-state index in [-0.39, 0.29) is 25.2 Å². The zero-order valence-corrected chi connectivity index (χ0v) is 35.0. The molecule has 1 atom stereocenters. The first-order chi connectivity index (χ1) is 26.6. The molecule has 0 heterocycles. The summed E-state index contributed by atoms with van der Waals surface area (Å²) < 4.78 is 10.6. The lowest BCUT2D eigenvalue weighted by atomic mass is 10.0. The van der Waals surface area contributed by atoms with Crippen molar-refractivity contribution >= 4 is 11.9 Å². The van der Waals surface area contributed by atoms with E-state index in [4.69, 9.17) is 9.47 Å². The minimum atomic E-state index is -0.780. The normalized spacial score (nSPS) is 13.0. The first kappa shape index (κ1) is 51.1. The topological polar surface area (TPSA) is 72.8 Å². The molecule has 0 bridgehead atoms. The zero-order valence-electron chi connectivity index (χ0n) is 35.0. The standard InChI is InChI=1S/C49H82O5/c1-3-5-7-9-11-13-15-16-17-18-19-20-21-22-23-24-25-26-27-28-29-30-31-32-34-36-38-40-42-44-49(52)54-47(45-50)46-53-48(51)43-41-39-37-35-33-14-12-10-8-6-4-2/h5,7,10-13,16-17,19-20,22-23,25-26,47,50H,3-4,6,8-9,14-15,18,21,24,27-46H2,1-2H3/b7-5-,12-10-,13-11-,17-16-,20-19-,23-22-,26-25-. The Morgan fingerprint density at radius 3 is 1.22 bits per heavy atom. The average molecular weight is 751 g/mol. The molecule has 0 fully saturated rings. The monoisotopic (exact) mass is 751 g/mol. The molecule has 1 unspecified atom stereocenters. The zero-order chi connectivity index (χ0) is 39.3. The fourth-order valence-electron chi connectivity index (χ4n) is 5.83. The molecule has 0 radical (unpaired) electrons. The Hall–Kier alpha value is -2.92. The number of ether oxygens (including phenoxy) is 2. The molecular weight excluding hydrogens is 669 g/mol. The van der Waals surface area contributed by atoms with Gasteiger partial charge in [0, 0.05) is 12.8 Å². The maximum absolute atomic E-state index is 12.2. The van der Waals surface area contributed by atoms with Gasteiger partial charge in [0.05, 0.1) is 6.61 Å². The Kier molecular flexibility index (Phi) is 42.1. The molecule has 5 heteroatoms. The third-order valence-corrected chi connectivity index (χ3v) is 9.17. The highest BCUT2D eigenvalue weighted by Crippen LogP contribution is 2.13. The Bertz CT molecular complexity index is 1030. The Morgan fingerprint density at radius 2 is 0.796 bits per heavy atom. The van der Waals surface area contributed by atoms with E-state index in [0.717, 1.165) is 83.5 Å². The first-order valence-electron chi connectivity index (χ1n) is 22.1.